The van der Waals surface area contributed by atoms with Gasteiger partial charge in [0.05, 0.1) is 6.20 Å². The molecule has 0 aromatic heterocycles. The molecule has 0 saturated carbocycles. The predicted molar refractivity (Wildman–Crippen MR) is 32.0 cm³/mol. The van der Waals surface area contributed by atoms with E-state index in [1.807, 2.05) is 0 Å². The molecule has 1 heterocycles. The van der Waals surface area contributed by atoms with E-state index < -0.39 is 0 Å². The first-order valence-electron chi connectivity index (χ1n) is 2.19. The van der Waals surface area contributed by atoms with Crippen molar-refractivity contribution in [2.45, 2.75) is 0 Å². The second-order valence-electron chi connectivity index (χ2n) is 1.27. The van der Waals surface area contributed by atoms with Crippen molar-refractivity contribution in [3.05, 3.63) is 18.5 Å². The van der Waals surface area contributed by atoms with E-state index in [0.717, 1.165) is 0 Å². The number of nitrogens with zero attached hydrogens (tertiary/aromatic N) is 1. The first kappa shape index (κ1) is 4.81. The average Bonchev–Trinajstić information content (AvgIpc) is 1.94. The standard InChI is InChI=1S/C5H5N3/c6-5-1-2-7-3-4-8-5/h1-3,6-7H. The van der Waals surface area contributed by atoms with Crippen LogP contribution in [-0.2, 0) is 0 Å². The van der Waals surface area contributed by atoms with Crippen LogP contribution in [0.25, 0.3) is 0 Å². The first-order chi connectivity index (χ1) is 3.89. The number of nitrogens with one attached hydrogen (secondary N) is 2. The van der Waals surface area contributed by atoms with Gasteiger partial charge in [0.2, 0.25) is 0 Å². The fourth-order valence-corrected chi connectivity index (χ4v) is 0.352. The molecule has 0 saturated heterocycles. The van der Waals surface area contributed by atoms with Gasteiger partial charge in [-0.15, -0.1) is 0 Å². The summed E-state index contributed by atoms with van der Waals surface area (Å²) in [5, 5.41) is 9.68. The Balaban J connectivity index is 2.84. The lowest BCUT2D eigenvalue weighted by molar-refractivity contribution is 1.22. The van der Waals surface area contributed by atoms with Crippen molar-refractivity contribution in [1.82, 2.24) is 5.32 Å². The van der Waals surface area contributed by atoms with Crippen LogP contribution in [0.15, 0.2) is 23.5 Å². The van der Waals surface area contributed by atoms with Crippen molar-refractivity contribution in [2.75, 3.05) is 0 Å². The second kappa shape index (κ2) is 2.09. The van der Waals surface area contributed by atoms with Gasteiger partial charge in [0.25, 0.3) is 0 Å². The van der Waals surface area contributed by atoms with Gasteiger partial charge in [0.1, 0.15) is 0 Å². The molecule has 40 valence electrons. The van der Waals surface area contributed by atoms with Crippen LogP contribution in [0.2, 0.25) is 0 Å². The quantitative estimate of drug-likeness (QED) is 0.458. The summed E-state index contributed by atoms with van der Waals surface area (Å²) in [6.45, 7) is 0. The summed E-state index contributed by atoms with van der Waals surface area (Å²) < 4.78 is 0. The minimum Gasteiger partial charge on any atom is -0.360 e. The monoisotopic (exact) mass is 107 g/mol. The van der Waals surface area contributed by atoms with E-state index in [4.69, 9.17) is 5.41 Å². The number of rotatable bonds is 0. The zero-order chi connectivity index (χ0) is 5.82. The van der Waals surface area contributed by atoms with Crippen LogP contribution in [0.1, 0.15) is 0 Å². The molecule has 1 aliphatic rings. The number of hydrogen-bond donors (Lipinski definition) is 2. The number of aliphatic imine (C=N–C) groups is 1. The molecule has 0 atom stereocenters. The highest BCUT2D eigenvalue weighted by Crippen LogP contribution is 1.78. The number of hydrogen-bond acceptors (Lipinski definition) is 2. The van der Waals surface area contributed by atoms with Crippen molar-refractivity contribution < 1.29 is 0 Å². The molecular formula is C5H5N3. The van der Waals surface area contributed by atoms with Gasteiger partial charge < -0.3 is 5.32 Å². The Kier molecular flexibility index (Phi) is 1.26. The predicted octanol–water partition coefficient (Wildman–Crippen LogP) is 0.264. The van der Waals surface area contributed by atoms with Crippen LogP contribution in [0.3, 0.4) is 0 Å². The van der Waals surface area contributed by atoms with Crippen molar-refractivity contribution in [2.24, 2.45) is 4.99 Å². The number of amidine groups is 1. The van der Waals surface area contributed by atoms with Gasteiger partial charge in [-0.05, 0) is 6.08 Å². The van der Waals surface area contributed by atoms with Crippen LogP contribution < -0.4 is 5.32 Å². The molecule has 0 unspecified atom stereocenters. The highest BCUT2D eigenvalue weighted by Gasteiger charge is 1.82. The third-order valence-electron chi connectivity index (χ3n) is 0.670. The fourth-order valence-electron chi connectivity index (χ4n) is 0.352. The summed E-state index contributed by atoms with van der Waals surface area (Å²) in [6.07, 6.45) is 4.72. The summed E-state index contributed by atoms with van der Waals surface area (Å²) in [6, 6.07) is 0. The summed E-state index contributed by atoms with van der Waals surface area (Å²) in [5.74, 6) is 2.71. The molecule has 1 rings (SSSR count). The third kappa shape index (κ3) is 1.06. The van der Waals surface area contributed by atoms with Crippen LogP contribution in [0.4, 0.5) is 0 Å². The lowest BCUT2D eigenvalue weighted by Crippen LogP contribution is -1.89. The smallest absolute Gasteiger partial charge is 0.155 e. The van der Waals surface area contributed by atoms with Crippen molar-refractivity contribution in [3.63, 3.8) is 0 Å². The van der Waals surface area contributed by atoms with E-state index in [1.54, 1.807) is 12.3 Å². The Bertz CT molecular complexity index is 184. The van der Waals surface area contributed by atoms with Gasteiger partial charge in [0, 0.05) is 12.1 Å². The zero-order valence-electron chi connectivity index (χ0n) is 4.18. The van der Waals surface area contributed by atoms with E-state index in [0.29, 0.717) is 0 Å². The Hall–Kier alpha value is -1.34. The van der Waals surface area contributed by atoms with E-state index in [2.05, 4.69) is 16.2 Å². The summed E-state index contributed by atoms with van der Waals surface area (Å²) in [4.78, 5) is 3.55. The minimum atomic E-state index is 0.214. The second-order valence-corrected chi connectivity index (χ2v) is 1.27. The topological polar surface area (TPSA) is 48.2 Å². The van der Waals surface area contributed by atoms with Crippen LogP contribution in [-0.4, -0.2) is 11.7 Å². The van der Waals surface area contributed by atoms with Gasteiger partial charge in [0.15, 0.2) is 5.84 Å². The highest BCUT2D eigenvalue weighted by molar-refractivity contribution is 5.95. The van der Waals surface area contributed by atoms with E-state index in [9.17, 15) is 0 Å². The maximum atomic E-state index is 6.95. The van der Waals surface area contributed by atoms with E-state index in [1.165, 1.54) is 6.20 Å². The lowest BCUT2D eigenvalue weighted by Gasteiger charge is -1.78. The maximum Gasteiger partial charge on any atom is 0.155 e. The zero-order valence-corrected chi connectivity index (χ0v) is 4.18. The normalized spacial score (nSPS) is 15.8. The van der Waals surface area contributed by atoms with Crippen LogP contribution in [0, 0.1) is 5.41 Å². The van der Waals surface area contributed by atoms with Gasteiger partial charge in [-0.2, -0.15) is 4.99 Å². The first-order valence-corrected chi connectivity index (χ1v) is 2.19. The molecule has 1 aliphatic heterocycles. The largest absolute Gasteiger partial charge is 0.360 e. The summed E-state index contributed by atoms with van der Waals surface area (Å²) in [7, 11) is 0. The SMILES string of the molecule is N=C1C=CNC=C=N1. The van der Waals surface area contributed by atoms with Gasteiger partial charge >= 0.3 is 0 Å². The van der Waals surface area contributed by atoms with Crippen LogP contribution >= 0.6 is 0 Å². The minimum absolute atomic E-state index is 0.214. The highest BCUT2D eigenvalue weighted by atomic mass is 14.9. The van der Waals surface area contributed by atoms with Gasteiger partial charge in [-0.1, -0.05) is 0 Å². The Morgan fingerprint density at radius 1 is 1.75 bits per heavy atom. The van der Waals surface area contributed by atoms with Gasteiger partial charge in [-0.3, -0.25) is 5.41 Å². The molecule has 0 aliphatic carbocycles. The fraction of sp³-hybridized carbons (Fsp3) is 0. The summed E-state index contributed by atoms with van der Waals surface area (Å²) >= 11 is 0. The molecule has 0 fully saturated rings. The third-order valence-corrected chi connectivity index (χ3v) is 0.670. The molecule has 0 aromatic rings. The molecule has 3 heteroatoms. The van der Waals surface area contributed by atoms with Crippen molar-refractivity contribution >= 4 is 11.7 Å². The molecule has 0 radical (unpaired) electrons. The Labute approximate surface area is 46.9 Å². The van der Waals surface area contributed by atoms with Gasteiger partial charge in [-0.25, -0.2) is 0 Å². The lowest BCUT2D eigenvalue weighted by atomic mass is 10.6. The maximum absolute atomic E-state index is 6.95. The molecule has 0 bridgehead atoms. The van der Waals surface area contributed by atoms with Crippen molar-refractivity contribution in [3.8, 4) is 0 Å². The molecule has 2 N–H and O–H groups in total. The van der Waals surface area contributed by atoms with E-state index >= 15 is 0 Å². The van der Waals surface area contributed by atoms with Crippen LogP contribution in [0.5, 0.6) is 0 Å². The average molecular weight is 107 g/mol. The Morgan fingerprint density at radius 3 is 3.50 bits per heavy atom. The van der Waals surface area contributed by atoms with E-state index in [-0.39, 0.29) is 5.84 Å². The van der Waals surface area contributed by atoms with Crippen molar-refractivity contribution in [1.29, 1.82) is 5.41 Å². The molecule has 0 aromatic carbocycles. The summed E-state index contributed by atoms with van der Waals surface area (Å²) in [5.41, 5.74) is 0. The molecule has 0 amide bonds. The molecule has 0 spiro atoms. The molecule has 3 nitrogen and oxygen atoms in total. The molecular weight excluding hydrogens is 102 g/mol. The molecule has 8 heavy (non-hydrogen) atoms. The Morgan fingerprint density at radius 2 is 2.62 bits per heavy atom.